The number of carbonyl (C=O) groups excluding carboxylic acids is 2. The highest BCUT2D eigenvalue weighted by atomic mass is 16.2. The van der Waals surface area contributed by atoms with Crippen LogP contribution in [-0.4, -0.2) is 42.9 Å². The summed E-state index contributed by atoms with van der Waals surface area (Å²) in [6.07, 6.45) is 1.83. The third kappa shape index (κ3) is 4.56. The Labute approximate surface area is 125 Å². The second-order valence-corrected chi connectivity index (χ2v) is 5.39. The molecule has 1 heterocycles. The first kappa shape index (κ1) is 15.5. The summed E-state index contributed by atoms with van der Waals surface area (Å²) in [6.45, 7) is 2.23. The van der Waals surface area contributed by atoms with Gasteiger partial charge in [-0.25, -0.2) is 0 Å². The molecule has 0 radical (unpaired) electrons. The van der Waals surface area contributed by atoms with Crippen molar-refractivity contribution in [3.8, 4) is 0 Å². The molecule has 21 heavy (non-hydrogen) atoms. The molecule has 1 unspecified atom stereocenters. The van der Waals surface area contributed by atoms with E-state index < -0.39 is 0 Å². The van der Waals surface area contributed by atoms with Gasteiger partial charge in [0.05, 0.1) is 0 Å². The Morgan fingerprint density at radius 1 is 1.29 bits per heavy atom. The van der Waals surface area contributed by atoms with E-state index in [0.717, 1.165) is 12.8 Å². The summed E-state index contributed by atoms with van der Waals surface area (Å²) in [5.41, 5.74) is 6.82. The molecule has 114 valence electrons. The van der Waals surface area contributed by atoms with Gasteiger partial charge in [-0.15, -0.1) is 0 Å². The highest BCUT2D eigenvalue weighted by molar-refractivity contribution is 5.86. The van der Waals surface area contributed by atoms with Gasteiger partial charge >= 0.3 is 0 Å². The van der Waals surface area contributed by atoms with Gasteiger partial charge in [0.2, 0.25) is 11.8 Å². The van der Waals surface area contributed by atoms with Gasteiger partial charge in [-0.3, -0.25) is 9.59 Å². The van der Waals surface area contributed by atoms with Crippen molar-refractivity contribution in [1.82, 2.24) is 10.2 Å². The molecular formula is C16H23N3O2. The molecule has 5 heteroatoms. The van der Waals surface area contributed by atoms with Crippen LogP contribution in [-0.2, 0) is 16.0 Å². The van der Waals surface area contributed by atoms with Crippen LogP contribution < -0.4 is 11.1 Å². The highest BCUT2D eigenvalue weighted by Crippen LogP contribution is 2.16. The van der Waals surface area contributed by atoms with E-state index in [4.69, 9.17) is 5.73 Å². The summed E-state index contributed by atoms with van der Waals surface area (Å²) in [5.74, 6) is -0.164. The van der Waals surface area contributed by atoms with E-state index in [-0.39, 0.29) is 17.7 Å². The lowest BCUT2D eigenvalue weighted by atomic mass is 9.95. The molecule has 2 rings (SSSR count). The van der Waals surface area contributed by atoms with E-state index >= 15 is 0 Å². The number of benzene rings is 1. The normalized spacial score (nSPS) is 18.1. The quantitative estimate of drug-likeness (QED) is 0.802. The number of nitrogens with two attached hydrogens (primary N) is 1. The Morgan fingerprint density at radius 2 is 2.05 bits per heavy atom. The van der Waals surface area contributed by atoms with Crippen LogP contribution in [0.5, 0.6) is 0 Å². The first-order valence-corrected chi connectivity index (χ1v) is 7.50. The summed E-state index contributed by atoms with van der Waals surface area (Å²) in [5, 5.41) is 2.76. The monoisotopic (exact) mass is 289 g/mol. The second kappa shape index (κ2) is 7.78. The van der Waals surface area contributed by atoms with Crippen LogP contribution in [0.15, 0.2) is 30.3 Å². The summed E-state index contributed by atoms with van der Waals surface area (Å²) < 4.78 is 0. The predicted octanol–water partition coefficient (Wildman–Crippen LogP) is 0.543. The van der Waals surface area contributed by atoms with Crippen LogP contribution >= 0.6 is 0 Å². The average Bonchev–Trinajstić information content (AvgIpc) is 2.52. The molecule has 1 aromatic carbocycles. The third-order valence-corrected chi connectivity index (χ3v) is 3.82. The van der Waals surface area contributed by atoms with Crippen molar-refractivity contribution in [2.45, 2.75) is 19.3 Å². The second-order valence-electron chi connectivity index (χ2n) is 5.39. The molecule has 0 aliphatic carbocycles. The third-order valence-electron chi connectivity index (χ3n) is 3.82. The lowest BCUT2D eigenvalue weighted by Crippen LogP contribution is -2.45. The maximum absolute atomic E-state index is 12.5. The summed E-state index contributed by atoms with van der Waals surface area (Å²) >= 11 is 0. The van der Waals surface area contributed by atoms with E-state index in [1.807, 2.05) is 18.2 Å². The number of amides is 2. The largest absolute Gasteiger partial charge is 0.356 e. The number of carbonyl (C=O) groups is 2. The van der Waals surface area contributed by atoms with Gasteiger partial charge in [0, 0.05) is 38.5 Å². The summed E-state index contributed by atoms with van der Waals surface area (Å²) in [7, 11) is 0. The molecule has 2 amide bonds. The number of rotatable bonds is 6. The van der Waals surface area contributed by atoms with Crippen molar-refractivity contribution in [1.29, 1.82) is 0 Å². The number of nitrogens with zero attached hydrogens (tertiary/aromatic N) is 1. The number of hydrogen-bond acceptors (Lipinski definition) is 3. The van der Waals surface area contributed by atoms with Crippen LogP contribution in [0.1, 0.15) is 18.4 Å². The van der Waals surface area contributed by atoms with Crippen molar-refractivity contribution in [2.75, 3.05) is 26.2 Å². The van der Waals surface area contributed by atoms with Crippen LogP contribution in [0.4, 0.5) is 0 Å². The molecule has 1 aliphatic rings. The van der Waals surface area contributed by atoms with E-state index in [9.17, 15) is 9.59 Å². The maximum atomic E-state index is 12.5. The zero-order valence-corrected chi connectivity index (χ0v) is 12.3. The van der Waals surface area contributed by atoms with Crippen molar-refractivity contribution in [2.24, 2.45) is 11.7 Å². The molecule has 0 aromatic heterocycles. The van der Waals surface area contributed by atoms with Gasteiger partial charge in [-0.1, -0.05) is 30.3 Å². The van der Waals surface area contributed by atoms with Gasteiger partial charge in [-0.2, -0.15) is 0 Å². The van der Waals surface area contributed by atoms with Crippen LogP contribution in [0.25, 0.3) is 0 Å². The Bertz CT molecular complexity index is 476. The van der Waals surface area contributed by atoms with Crippen molar-refractivity contribution >= 4 is 11.8 Å². The number of hydrogen-bond donors (Lipinski definition) is 2. The standard InChI is InChI=1S/C16H23N3O2/c17-8-11-19(10-7-13-4-2-1-3-5-13)16(21)14-6-9-18-15(20)12-14/h1-5,14H,6-12,17H2,(H,18,20). The van der Waals surface area contributed by atoms with Crippen LogP contribution in [0.3, 0.4) is 0 Å². The van der Waals surface area contributed by atoms with Crippen LogP contribution in [0, 0.1) is 5.92 Å². The first-order valence-electron chi connectivity index (χ1n) is 7.50. The molecule has 0 saturated carbocycles. The lowest BCUT2D eigenvalue weighted by molar-refractivity contribution is -0.140. The number of nitrogens with one attached hydrogen (secondary N) is 1. The fourth-order valence-corrected chi connectivity index (χ4v) is 2.65. The molecule has 0 bridgehead atoms. The lowest BCUT2D eigenvalue weighted by Gasteiger charge is -2.29. The Balaban J connectivity index is 1.94. The zero-order valence-electron chi connectivity index (χ0n) is 12.3. The maximum Gasteiger partial charge on any atom is 0.226 e. The molecule has 1 aliphatic heterocycles. The van der Waals surface area contributed by atoms with Crippen molar-refractivity contribution in [3.63, 3.8) is 0 Å². The molecule has 1 fully saturated rings. The minimum atomic E-state index is -0.193. The van der Waals surface area contributed by atoms with Crippen molar-refractivity contribution < 1.29 is 9.59 Å². The molecule has 1 atom stereocenters. The number of piperidine rings is 1. The summed E-state index contributed by atoms with van der Waals surface area (Å²) in [6, 6.07) is 10.1. The van der Waals surface area contributed by atoms with Gasteiger partial charge in [0.15, 0.2) is 0 Å². The molecule has 1 saturated heterocycles. The molecule has 3 N–H and O–H groups in total. The molecular weight excluding hydrogens is 266 g/mol. The Morgan fingerprint density at radius 3 is 2.71 bits per heavy atom. The zero-order chi connectivity index (χ0) is 15.1. The fourth-order valence-electron chi connectivity index (χ4n) is 2.65. The molecule has 0 spiro atoms. The van der Waals surface area contributed by atoms with Gasteiger partial charge in [0.1, 0.15) is 0 Å². The Hall–Kier alpha value is -1.88. The van der Waals surface area contributed by atoms with Crippen molar-refractivity contribution in [3.05, 3.63) is 35.9 Å². The van der Waals surface area contributed by atoms with E-state index in [1.54, 1.807) is 4.90 Å². The predicted molar refractivity (Wildman–Crippen MR) is 81.5 cm³/mol. The minimum Gasteiger partial charge on any atom is -0.356 e. The van der Waals surface area contributed by atoms with E-state index in [2.05, 4.69) is 17.4 Å². The van der Waals surface area contributed by atoms with E-state index in [1.165, 1.54) is 5.56 Å². The topological polar surface area (TPSA) is 75.4 Å². The average molecular weight is 289 g/mol. The Kier molecular flexibility index (Phi) is 5.75. The first-order chi connectivity index (χ1) is 10.2. The fraction of sp³-hybridized carbons (Fsp3) is 0.500. The molecule has 1 aromatic rings. The van der Waals surface area contributed by atoms with Gasteiger partial charge in [0.25, 0.3) is 0 Å². The highest BCUT2D eigenvalue weighted by Gasteiger charge is 2.28. The van der Waals surface area contributed by atoms with Crippen LogP contribution in [0.2, 0.25) is 0 Å². The van der Waals surface area contributed by atoms with Gasteiger partial charge < -0.3 is 16.0 Å². The van der Waals surface area contributed by atoms with E-state index in [0.29, 0.717) is 32.6 Å². The molecule has 5 nitrogen and oxygen atoms in total. The summed E-state index contributed by atoms with van der Waals surface area (Å²) in [4.78, 5) is 25.8. The SMILES string of the molecule is NCCN(CCc1ccccc1)C(=O)C1CCNC(=O)C1. The minimum absolute atomic E-state index is 0.0321. The smallest absolute Gasteiger partial charge is 0.226 e. The van der Waals surface area contributed by atoms with Gasteiger partial charge in [-0.05, 0) is 18.4 Å².